The quantitative estimate of drug-likeness (QED) is 0.340. The molecule has 5 aromatic rings. The molecule has 0 saturated carbocycles. The van der Waals surface area contributed by atoms with Gasteiger partial charge in [0.05, 0.1) is 31.2 Å². The SMILES string of the molecule is CCn1cnc2c(-c3ccc(F)c(-c4cc5cn([C@@H]6CCN(C)C[C@@H]6F)nc5cc4OC)c3)cnnc21. The molecule has 190 valence electrons. The van der Waals surface area contributed by atoms with Crippen molar-refractivity contribution >= 4 is 22.1 Å². The van der Waals surface area contributed by atoms with Crippen LogP contribution in [0.5, 0.6) is 5.75 Å². The lowest BCUT2D eigenvalue weighted by Crippen LogP contribution is -2.40. The van der Waals surface area contributed by atoms with Crippen LogP contribution >= 0.6 is 0 Å². The van der Waals surface area contributed by atoms with Gasteiger partial charge in [-0.05, 0) is 44.2 Å². The summed E-state index contributed by atoms with van der Waals surface area (Å²) in [6.45, 7) is 3.91. The number of rotatable bonds is 5. The maximum atomic E-state index is 15.3. The van der Waals surface area contributed by atoms with Gasteiger partial charge in [-0.1, -0.05) is 6.07 Å². The minimum absolute atomic E-state index is 0.331. The summed E-state index contributed by atoms with van der Waals surface area (Å²) in [6.07, 6.45) is 4.88. The Hall–Kier alpha value is -3.92. The standard InChI is InChI=1S/C27H27F2N7O/c1-4-35-15-30-26-20(12-31-32-27(26)35)16-5-6-21(28)18(9-16)19-10-17-13-36(33-23(17)11-25(19)37-3)24-7-8-34(2)14-22(24)29/h5-6,9-13,15,22,24H,4,7-8,14H2,1-3H3/t22-,24+/m0/s1. The van der Waals surface area contributed by atoms with Crippen molar-refractivity contribution in [2.45, 2.75) is 32.1 Å². The predicted molar refractivity (Wildman–Crippen MR) is 138 cm³/mol. The molecule has 0 bridgehead atoms. The van der Waals surface area contributed by atoms with Crippen molar-refractivity contribution in [3.63, 3.8) is 0 Å². The topological polar surface area (TPSA) is 73.9 Å². The van der Waals surface area contributed by atoms with Crippen molar-refractivity contribution in [3.05, 3.63) is 54.9 Å². The third-order valence-electron chi connectivity index (χ3n) is 7.21. The van der Waals surface area contributed by atoms with Gasteiger partial charge in [0.1, 0.15) is 23.3 Å². The van der Waals surface area contributed by atoms with Crippen LogP contribution in [0.2, 0.25) is 0 Å². The average molecular weight is 504 g/mol. The van der Waals surface area contributed by atoms with E-state index >= 15 is 4.39 Å². The summed E-state index contributed by atoms with van der Waals surface area (Å²) < 4.78 is 39.3. The number of halogens is 2. The number of aryl methyl sites for hydroxylation is 1. The van der Waals surface area contributed by atoms with Gasteiger partial charge in [0.15, 0.2) is 5.65 Å². The number of aromatic nitrogens is 6. The van der Waals surface area contributed by atoms with Gasteiger partial charge in [0.25, 0.3) is 0 Å². The van der Waals surface area contributed by atoms with E-state index in [1.165, 1.54) is 6.07 Å². The summed E-state index contributed by atoms with van der Waals surface area (Å²) >= 11 is 0. The normalized spacial score (nSPS) is 18.6. The molecule has 0 radical (unpaired) electrons. The molecule has 1 fully saturated rings. The molecule has 1 saturated heterocycles. The van der Waals surface area contributed by atoms with Crippen molar-refractivity contribution in [2.24, 2.45) is 0 Å². The van der Waals surface area contributed by atoms with Crippen LogP contribution in [0.25, 0.3) is 44.3 Å². The van der Waals surface area contributed by atoms with E-state index in [9.17, 15) is 4.39 Å². The predicted octanol–water partition coefficient (Wildman–Crippen LogP) is 4.89. The number of fused-ring (bicyclic) bond motifs is 2. The van der Waals surface area contributed by atoms with Gasteiger partial charge >= 0.3 is 0 Å². The van der Waals surface area contributed by atoms with Crippen LogP contribution in [-0.4, -0.2) is 67.8 Å². The van der Waals surface area contributed by atoms with Gasteiger partial charge in [0, 0.05) is 54.0 Å². The number of methoxy groups -OCH3 is 1. The third-order valence-corrected chi connectivity index (χ3v) is 7.21. The van der Waals surface area contributed by atoms with Crippen molar-refractivity contribution in [1.29, 1.82) is 0 Å². The summed E-state index contributed by atoms with van der Waals surface area (Å²) in [4.78, 5) is 6.51. The molecule has 37 heavy (non-hydrogen) atoms. The van der Waals surface area contributed by atoms with Crippen molar-refractivity contribution in [3.8, 4) is 28.0 Å². The van der Waals surface area contributed by atoms with E-state index in [4.69, 9.17) is 4.74 Å². The van der Waals surface area contributed by atoms with E-state index in [-0.39, 0.29) is 11.9 Å². The highest BCUT2D eigenvalue weighted by Gasteiger charge is 2.30. The van der Waals surface area contributed by atoms with E-state index in [0.717, 1.165) is 29.6 Å². The number of ether oxygens (including phenoxy) is 1. The fraction of sp³-hybridized carbons (Fsp3) is 0.333. The Morgan fingerprint density at radius 2 is 2.00 bits per heavy atom. The zero-order valence-corrected chi connectivity index (χ0v) is 20.9. The van der Waals surface area contributed by atoms with Crippen LogP contribution in [0.1, 0.15) is 19.4 Å². The van der Waals surface area contributed by atoms with Crippen LogP contribution in [0, 0.1) is 5.82 Å². The first-order valence-electron chi connectivity index (χ1n) is 12.3. The molecule has 0 N–H and O–H groups in total. The van der Waals surface area contributed by atoms with Crippen molar-refractivity contribution in [1.82, 2.24) is 34.4 Å². The first-order valence-corrected chi connectivity index (χ1v) is 12.3. The molecule has 3 aromatic heterocycles. The van der Waals surface area contributed by atoms with Crippen LogP contribution in [0.15, 0.2) is 49.1 Å². The second kappa shape index (κ2) is 9.19. The first kappa shape index (κ1) is 23.5. The van der Waals surface area contributed by atoms with Crippen molar-refractivity contribution < 1.29 is 13.5 Å². The number of piperidine rings is 1. The first-order chi connectivity index (χ1) is 18.0. The maximum Gasteiger partial charge on any atom is 0.183 e. The Morgan fingerprint density at radius 1 is 1.14 bits per heavy atom. The lowest BCUT2D eigenvalue weighted by molar-refractivity contribution is 0.101. The number of imidazole rings is 1. The lowest BCUT2D eigenvalue weighted by Gasteiger charge is -2.32. The van der Waals surface area contributed by atoms with Gasteiger partial charge in [-0.3, -0.25) is 4.68 Å². The number of hydrogen-bond donors (Lipinski definition) is 0. The molecule has 0 unspecified atom stereocenters. The van der Waals surface area contributed by atoms with Gasteiger partial charge in [-0.25, -0.2) is 13.8 Å². The summed E-state index contributed by atoms with van der Waals surface area (Å²) in [5.41, 5.74) is 4.56. The lowest BCUT2D eigenvalue weighted by atomic mass is 9.97. The molecule has 0 spiro atoms. The van der Waals surface area contributed by atoms with E-state index in [2.05, 4.69) is 20.3 Å². The van der Waals surface area contributed by atoms with Gasteiger partial charge in [0.2, 0.25) is 0 Å². The monoisotopic (exact) mass is 503 g/mol. The number of benzene rings is 2. The number of likely N-dealkylation sites (tertiary alicyclic amines) is 1. The fourth-order valence-electron chi connectivity index (χ4n) is 5.18. The summed E-state index contributed by atoms with van der Waals surface area (Å²) in [6, 6.07) is 8.23. The van der Waals surface area contributed by atoms with Gasteiger partial charge < -0.3 is 14.2 Å². The zero-order chi connectivity index (χ0) is 25.7. The summed E-state index contributed by atoms with van der Waals surface area (Å²) in [5, 5.41) is 13.8. The molecule has 2 atom stereocenters. The number of alkyl halides is 1. The summed E-state index contributed by atoms with van der Waals surface area (Å²) in [5.74, 6) is 0.104. The Morgan fingerprint density at radius 3 is 2.78 bits per heavy atom. The molecular weight excluding hydrogens is 476 g/mol. The summed E-state index contributed by atoms with van der Waals surface area (Å²) in [7, 11) is 3.47. The van der Waals surface area contributed by atoms with Crippen LogP contribution in [0.4, 0.5) is 8.78 Å². The Labute approximate surface area is 212 Å². The molecule has 10 heteroatoms. The molecule has 1 aliphatic rings. The highest BCUT2D eigenvalue weighted by molar-refractivity contribution is 5.92. The molecule has 1 aliphatic heterocycles. The van der Waals surface area contributed by atoms with Crippen LogP contribution in [-0.2, 0) is 6.54 Å². The molecule has 0 amide bonds. The van der Waals surface area contributed by atoms with Crippen LogP contribution in [0.3, 0.4) is 0 Å². The van der Waals surface area contributed by atoms with Gasteiger partial charge in [-0.2, -0.15) is 10.2 Å². The minimum Gasteiger partial charge on any atom is -0.496 e. The van der Waals surface area contributed by atoms with Gasteiger partial charge in [-0.15, -0.1) is 5.10 Å². The second-order valence-corrected chi connectivity index (χ2v) is 9.51. The molecule has 6 rings (SSSR count). The van der Waals surface area contributed by atoms with E-state index in [1.54, 1.807) is 42.5 Å². The maximum absolute atomic E-state index is 15.3. The second-order valence-electron chi connectivity index (χ2n) is 9.51. The minimum atomic E-state index is -1.01. The largest absolute Gasteiger partial charge is 0.496 e. The van der Waals surface area contributed by atoms with Crippen LogP contribution < -0.4 is 4.74 Å². The Balaban J connectivity index is 1.45. The third kappa shape index (κ3) is 4.01. The number of nitrogens with zero attached hydrogens (tertiary/aromatic N) is 7. The Bertz CT molecular complexity index is 1610. The van der Waals surface area contributed by atoms with Crippen molar-refractivity contribution in [2.75, 3.05) is 27.2 Å². The Kier molecular flexibility index (Phi) is 5.83. The molecule has 2 aromatic carbocycles. The zero-order valence-electron chi connectivity index (χ0n) is 20.9. The van der Waals surface area contributed by atoms with E-state index in [1.807, 2.05) is 35.7 Å². The fourth-order valence-corrected chi connectivity index (χ4v) is 5.18. The smallest absolute Gasteiger partial charge is 0.183 e. The molecule has 0 aliphatic carbocycles. The van der Waals surface area contributed by atoms with E-state index in [0.29, 0.717) is 46.5 Å². The highest BCUT2D eigenvalue weighted by atomic mass is 19.1. The average Bonchev–Trinajstić information content (AvgIpc) is 3.51. The molecule has 4 heterocycles. The number of hydrogen-bond acceptors (Lipinski definition) is 6. The molecular formula is C27H27F2N7O. The highest BCUT2D eigenvalue weighted by Crippen LogP contribution is 2.38. The molecule has 8 nitrogen and oxygen atoms in total. The van der Waals surface area contributed by atoms with E-state index < -0.39 is 6.17 Å².